The van der Waals surface area contributed by atoms with Crippen molar-refractivity contribution in [3.63, 3.8) is 0 Å². The van der Waals surface area contributed by atoms with Crippen molar-refractivity contribution in [3.05, 3.63) is 34.4 Å². The van der Waals surface area contributed by atoms with Crippen molar-refractivity contribution in [2.24, 2.45) is 0 Å². The summed E-state index contributed by atoms with van der Waals surface area (Å²) < 4.78 is 5.51. The molecule has 1 atom stereocenters. The van der Waals surface area contributed by atoms with Crippen molar-refractivity contribution in [2.75, 3.05) is 7.05 Å². The molecule has 2 rings (SSSR count). The van der Waals surface area contributed by atoms with Crippen LogP contribution in [0, 0.1) is 0 Å². The van der Waals surface area contributed by atoms with Crippen LogP contribution in [0.15, 0.2) is 27.4 Å². The van der Waals surface area contributed by atoms with Gasteiger partial charge in [-0.3, -0.25) is 4.79 Å². The molecular formula is C11H14N4O2. The minimum Gasteiger partial charge on any atom is -0.418 e. The van der Waals surface area contributed by atoms with Crippen LogP contribution in [-0.4, -0.2) is 22.2 Å². The maximum Gasteiger partial charge on any atom is 0.264 e. The average molecular weight is 234 g/mol. The van der Waals surface area contributed by atoms with Crippen molar-refractivity contribution in [2.45, 2.75) is 19.4 Å². The minimum absolute atomic E-state index is 0.0340. The van der Waals surface area contributed by atoms with Gasteiger partial charge in [-0.25, -0.2) is 0 Å². The summed E-state index contributed by atoms with van der Waals surface area (Å²) in [6.07, 6.45) is 0.851. The summed E-state index contributed by atoms with van der Waals surface area (Å²) in [7, 11) is 1.84. The second-order valence-electron chi connectivity index (χ2n) is 3.62. The third-order valence-electron chi connectivity index (χ3n) is 2.49. The lowest BCUT2D eigenvalue weighted by Crippen LogP contribution is -2.15. The monoisotopic (exact) mass is 234 g/mol. The van der Waals surface area contributed by atoms with Gasteiger partial charge in [-0.05, 0) is 19.5 Å². The molecule has 6 heteroatoms. The number of H-pyrrole nitrogens is 1. The zero-order chi connectivity index (χ0) is 12.3. The highest BCUT2D eigenvalue weighted by Crippen LogP contribution is 2.19. The van der Waals surface area contributed by atoms with Crippen LogP contribution in [0.2, 0.25) is 0 Å². The van der Waals surface area contributed by atoms with Gasteiger partial charge in [-0.1, -0.05) is 13.0 Å². The predicted octanol–water partition coefficient (Wildman–Crippen LogP) is 1.10. The van der Waals surface area contributed by atoms with Crippen molar-refractivity contribution in [1.29, 1.82) is 0 Å². The molecule has 0 fully saturated rings. The highest BCUT2D eigenvalue weighted by molar-refractivity contribution is 5.44. The molecule has 1 unspecified atom stereocenters. The Labute approximate surface area is 98.1 Å². The van der Waals surface area contributed by atoms with Crippen LogP contribution >= 0.6 is 0 Å². The Morgan fingerprint density at radius 3 is 2.94 bits per heavy atom. The molecular weight excluding hydrogens is 220 g/mol. The Bertz CT molecular complexity index is 542. The molecule has 0 aliphatic carbocycles. The number of nitrogens with one attached hydrogen (secondary N) is 2. The topological polar surface area (TPSA) is 83.8 Å². The van der Waals surface area contributed by atoms with Gasteiger partial charge in [-0.15, -0.1) is 10.2 Å². The normalized spacial score (nSPS) is 12.6. The van der Waals surface area contributed by atoms with Crippen LogP contribution in [-0.2, 0) is 0 Å². The van der Waals surface area contributed by atoms with Gasteiger partial charge in [0.15, 0.2) is 0 Å². The molecule has 0 aliphatic heterocycles. The first kappa shape index (κ1) is 11.5. The number of hydrogen-bond acceptors (Lipinski definition) is 5. The quantitative estimate of drug-likeness (QED) is 0.827. The molecule has 0 aromatic carbocycles. The SMILES string of the molecule is CCC(NC)c1nnc(-c2cccc(=O)[nH]2)o1. The Balaban J connectivity index is 2.32. The van der Waals surface area contributed by atoms with E-state index in [9.17, 15) is 4.79 Å². The number of pyridine rings is 1. The summed E-state index contributed by atoms with van der Waals surface area (Å²) in [5.74, 6) is 0.848. The standard InChI is InChI=1S/C11H14N4O2/c1-3-7(12-2)10-14-15-11(17-10)8-5-4-6-9(16)13-8/h4-7,12H,3H2,1-2H3,(H,13,16). The lowest BCUT2D eigenvalue weighted by molar-refractivity contribution is 0.414. The molecule has 2 N–H and O–H groups in total. The van der Waals surface area contributed by atoms with Crippen molar-refractivity contribution < 1.29 is 4.42 Å². The van der Waals surface area contributed by atoms with E-state index in [-0.39, 0.29) is 11.6 Å². The van der Waals surface area contributed by atoms with Gasteiger partial charge >= 0.3 is 0 Å². The van der Waals surface area contributed by atoms with E-state index in [1.54, 1.807) is 12.1 Å². The van der Waals surface area contributed by atoms with Crippen LogP contribution in [0.3, 0.4) is 0 Å². The van der Waals surface area contributed by atoms with Gasteiger partial charge in [0.05, 0.1) is 6.04 Å². The van der Waals surface area contributed by atoms with Crippen LogP contribution < -0.4 is 10.9 Å². The van der Waals surface area contributed by atoms with E-state index >= 15 is 0 Å². The number of aromatic amines is 1. The van der Waals surface area contributed by atoms with E-state index in [1.807, 2.05) is 14.0 Å². The molecule has 0 radical (unpaired) electrons. The third-order valence-corrected chi connectivity index (χ3v) is 2.49. The van der Waals surface area contributed by atoms with Crippen molar-refractivity contribution in [1.82, 2.24) is 20.5 Å². The average Bonchev–Trinajstić information content (AvgIpc) is 2.80. The van der Waals surface area contributed by atoms with E-state index in [0.717, 1.165) is 6.42 Å². The van der Waals surface area contributed by atoms with E-state index < -0.39 is 0 Å². The zero-order valence-corrected chi connectivity index (χ0v) is 9.73. The lowest BCUT2D eigenvalue weighted by Gasteiger charge is -2.06. The minimum atomic E-state index is -0.192. The first-order valence-electron chi connectivity index (χ1n) is 5.45. The zero-order valence-electron chi connectivity index (χ0n) is 9.73. The number of hydrogen-bond donors (Lipinski definition) is 2. The van der Waals surface area contributed by atoms with Gasteiger partial charge in [0, 0.05) is 6.07 Å². The Morgan fingerprint density at radius 2 is 2.29 bits per heavy atom. The second-order valence-corrected chi connectivity index (χ2v) is 3.62. The first-order valence-corrected chi connectivity index (χ1v) is 5.45. The molecule has 0 amide bonds. The van der Waals surface area contributed by atoms with Crippen LogP contribution in [0.5, 0.6) is 0 Å². The fourth-order valence-corrected chi connectivity index (χ4v) is 1.56. The van der Waals surface area contributed by atoms with Gasteiger partial charge in [0.25, 0.3) is 5.89 Å². The maximum atomic E-state index is 11.2. The smallest absolute Gasteiger partial charge is 0.264 e. The molecule has 90 valence electrons. The van der Waals surface area contributed by atoms with Crippen molar-refractivity contribution in [3.8, 4) is 11.6 Å². The van der Waals surface area contributed by atoms with Gasteiger partial charge in [0.1, 0.15) is 5.69 Å². The summed E-state index contributed by atoms with van der Waals surface area (Å²) >= 11 is 0. The van der Waals surface area contributed by atoms with Crippen LogP contribution in [0.25, 0.3) is 11.6 Å². The van der Waals surface area contributed by atoms with Crippen LogP contribution in [0.4, 0.5) is 0 Å². The Morgan fingerprint density at radius 1 is 1.47 bits per heavy atom. The van der Waals surface area contributed by atoms with Gasteiger partial charge < -0.3 is 14.7 Å². The largest absolute Gasteiger partial charge is 0.418 e. The molecule has 0 bridgehead atoms. The molecule has 2 heterocycles. The summed E-state index contributed by atoms with van der Waals surface area (Å²) in [5.41, 5.74) is 0.338. The molecule has 0 aliphatic rings. The lowest BCUT2D eigenvalue weighted by atomic mass is 10.2. The summed E-state index contributed by atoms with van der Waals surface area (Å²) in [4.78, 5) is 13.8. The molecule has 6 nitrogen and oxygen atoms in total. The van der Waals surface area contributed by atoms with Crippen molar-refractivity contribution >= 4 is 0 Å². The molecule has 0 saturated carbocycles. The maximum absolute atomic E-state index is 11.2. The fraction of sp³-hybridized carbons (Fsp3) is 0.364. The fourth-order valence-electron chi connectivity index (χ4n) is 1.56. The molecule has 17 heavy (non-hydrogen) atoms. The number of nitrogens with zero attached hydrogens (tertiary/aromatic N) is 2. The van der Waals surface area contributed by atoms with Gasteiger partial charge in [-0.2, -0.15) is 0 Å². The molecule has 2 aromatic heterocycles. The number of rotatable bonds is 4. The second kappa shape index (κ2) is 4.92. The number of aromatic nitrogens is 3. The van der Waals surface area contributed by atoms with Gasteiger partial charge in [0.2, 0.25) is 11.4 Å². The highest BCUT2D eigenvalue weighted by Gasteiger charge is 2.15. The van der Waals surface area contributed by atoms with E-state index in [2.05, 4.69) is 20.5 Å². The summed E-state index contributed by atoms with van der Waals surface area (Å²) in [5, 5.41) is 11.0. The first-order chi connectivity index (χ1) is 8.24. The van der Waals surface area contributed by atoms with E-state index in [4.69, 9.17) is 4.42 Å². The molecule has 0 spiro atoms. The predicted molar refractivity (Wildman–Crippen MR) is 62.4 cm³/mol. The molecule has 0 saturated heterocycles. The molecule has 2 aromatic rings. The summed E-state index contributed by atoms with van der Waals surface area (Å²) in [6, 6.07) is 4.84. The summed E-state index contributed by atoms with van der Waals surface area (Å²) in [6.45, 7) is 2.02. The Kier molecular flexibility index (Phi) is 3.34. The third kappa shape index (κ3) is 2.42. The Hall–Kier alpha value is -1.95. The van der Waals surface area contributed by atoms with E-state index in [0.29, 0.717) is 17.5 Å². The highest BCUT2D eigenvalue weighted by atomic mass is 16.4. The van der Waals surface area contributed by atoms with E-state index in [1.165, 1.54) is 6.07 Å². The van der Waals surface area contributed by atoms with Crippen LogP contribution in [0.1, 0.15) is 25.3 Å².